The van der Waals surface area contributed by atoms with E-state index in [0.29, 0.717) is 35.5 Å². The molecule has 0 amide bonds. The first-order valence-corrected chi connectivity index (χ1v) is 6.35. The Morgan fingerprint density at radius 3 is 2.61 bits per heavy atom. The van der Waals surface area contributed by atoms with Crippen LogP contribution in [-0.4, -0.2) is 44.6 Å². The molecule has 2 N–H and O–H groups in total. The van der Waals surface area contributed by atoms with Gasteiger partial charge in [-0.1, -0.05) is 29.3 Å². The summed E-state index contributed by atoms with van der Waals surface area (Å²) < 4.78 is 10.3. The van der Waals surface area contributed by atoms with Gasteiger partial charge in [0.1, 0.15) is 12.7 Å². The minimum absolute atomic E-state index is 0.128. The summed E-state index contributed by atoms with van der Waals surface area (Å²) >= 11 is 11.9. The zero-order chi connectivity index (χ0) is 13.4. The van der Waals surface area contributed by atoms with Crippen LogP contribution in [0.15, 0.2) is 18.2 Å². The van der Waals surface area contributed by atoms with Crippen LogP contribution in [0.2, 0.25) is 10.0 Å². The lowest BCUT2D eigenvalue weighted by atomic mass is 10.3. The molecule has 0 fully saturated rings. The molecule has 0 spiro atoms. The predicted molar refractivity (Wildman–Crippen MR) is 72.7 cm³/mol. The minimum Gasteiger partial charge on any atom is -0.488 e. The molecule has 4 nitrogen and oxygen atoms in total. The van der Waals surface area contributed by atoms with Crippen LogP contribution < -0.4 is 10.1 Å². The van der Waals surface area contributed by atoms with Gasteiger partial charge in [-0.25, -0.2) is 0 Å². The summed E-state index contributed by atoms with van der Waals surface area (Å²) in [4.78, 5) is 0. The van der Waals surface area contributed by atoms with Crippen LogP contribution in [0.25, 0.3) is 0 Å². The maximum Gasteiger partial charge on any atom is 0.156 e. The van der Waals surface area contributed by atoms with Crippen LogP contribution in [-0.2, 0) is 4.74 Å². The van der Waals surface area contributed by atoms with Crippen LogP contribution in [0.5, 0.6) is 5.75 Å². The summed E-state index contributed by atoms with van der Waals surface area (Å²) in [5.74, 6) is 0.400. The van der Waals surface area contributed by atoms with E-state index < -0.39 is 6.10 Å². The van der Waals surface area contributed by atoms with E-state index in [0.717, 1.165) is 0 Å². The average molecular weight is 294 g/mol. The maximum absolute atomic E-state index is 9.68. The fourth-order valence-corrected chi connectivity index (χ4v) is 1.81. The van der Waals surface area contributed by atoms with Gasteiger partial charge in [0.25, 0.3) is 0 Å². The van der Waals surface area contributed by atoms with Crippen molar-refractivity contribution in [1.29, 1.82) is 0 Å². The molecule has 0 aromatic heterocycles. The highest BCUT2D eigenvalue weighted by atomic mass is 35.5. The highest BCUT2D eigenvalue weighted by molar-refractivity contribution is 6.37. The van der Waals surface area contributed by atoms with E-state index in [1.807, 2.05) is 0 Å². The van der Waals surface area contributed by atoms with Crippen molar-refractivity contribution in [2.45, 2.75) is 6.10 Å². The number of para-hydroxylation sites is 1. The summed E-state index contributed by atoms with van der Waals surface area (Å²) in [6, 6.07) is 5.11. The molecule has 6 heteroatoms. The highest BCUT2D eigenvalue weighted by Gasteiger charge is 2.10. The number of ether oxygens (including phenoxy) is 2. The number of aliphatic hydroxyl groups is 1. The summed E-state index contributed by atoms with van der Waals surface area (Å²) in [6.45, 7) is 1.83. The first-order chi connectivity index (χ1) is 8.65. The van der Waals surface area contributed by atoms with Gasteiger partial charge in [-0.3, -0.25) is 0 Å². The van der Waals surface area contributed by atoms with Crippen LogP contribution in [0.4, 0.5) is 0 Å². The number of benzene rings is 1. The molecule has 1 rings (SSSR count). The van der Waals surface area contributed by atoms with Gasteiger partial charge in [-0.05, 0) is 12.1 Å². The van der Waals surface area contributed by atoms with Crippen molar-refractivity contribution < 1.29 is 14.6 Å². The zero-order valence-corrected chi connectivity index (χ0v) is 11.7. The molecule has 1 aromatic carbocycles. The first-order valence-electron chi connectivity index (χ1n) is 5.59. The standard InChI is InChI=1S/C12H17Cl2NO3/c1-17-6-5-15-7-9(16)8-18-12-10(13)3-2-4-11(12)14/h2-4,9,15-16H,5-8H2,1H3. The molecule has 0 aliphatic heterocycles. The second-order valence-electron chi connectivity index (χ2n) is 3.71. The van der Waals surface area contributed by atoms with Crippen molar-refractivity contribution in [1.82, 2.24) is 5.32 Å². The van der Waals surface area contributed by atoms with Crippen molar-refractivity contribution in [2.75, 3.05) is 33.4 Å². The van der Waals surface area contributed by atoms with Crippen molar-refractivity contribution >= 4 is 23.2 Å². The number of methoxy groups -OCH3 is 1. The topological polar surface area (TPSA) is 50.7 Å². The largest absolute Gasteiger partial charge is 0.488 e. The van der Waals surface area contributed by atoms with E-state index in [4.69, 9.17) is 32.7 Å². The Morgan fingerprint density at radius 2 is 2.00 bits per heavy atom. The lowest BCUT2D eigenvalue weighted by Gasteiger charge is -2.14. The Kier molecular flexibility index (Phi) is 7.39. The fraction of sp³-hybridized carbons (Fsp3) is 0.500. The Balaban J connectivity index is 2.31. The molecule has 18 heavy (non-hydrogen) atoms. The molecule has 0 aliphatic carbocycles. The van der Waals surface area contributed by atoms with Gasteiger partial charge in [-0.15, -0.1) is 0 Å². The van der Waals surface area contributed by atoms with E-state index >= 15 is 0 Å². The third-order valence-corrected chi connectivity index (χ3v) is 2.80. The van der Waals surface area contributed by atoms with E-state index in [1.54, 1.807) is 25.3 Å². The third kappa shape index (κ3) is 5.42. The Labute approximate surface area is 117 Å². The smallest absolute Gasteiger partial charge is 0.156 e. The Bertz CT molecular complexity index is 343. The van der Waals surface area contributed by atoms with E-state index in [9.17, 15) is 5.11 Å². The molecule has 0 heterocycles. The molecule has 0 saturated heterocycles. The van der Waals surface area contributed by atoms with Crippen LogP contribution in [0.3, 0.4) is 0 Å². The summed E-state index contributed by atoms with van der Waals surface area (Å²) in [7, 11) is 1.63. The number of nitrogens with one attached hydrogen (secondary N) is 1. The number of aliphatic hydroxyl groups excluding tert-OH is 1. The first kappa shape index (κ1) is 15.5. The summed E-state index contributed by atoms with van der Waals surface area (Å²) in [6.07, 6.45) is -0.630. The van der Waals surface area contributed by atoms with Crippen molar-refractivity contribution in [3.8, 4) is 5.75 Å². The van der Waals surface area contributed by atoms with Crippen molar-refractivity contribution in [3.63, 3.8) is 0 Å². The van der Waals surface area contributed by atoms with Gasteiger partial charge in [-0.2, -0.15) is 0 Å². The molecule has 0 radical (unpaired) electrons. The van der Waals surface area contributed by atoms with Gasteiger partial charge >= 0.3 is 0 Å². The number of rotatable bonds is 8. The van der Waals surface area contributed by atoms with Gasteiger partial charge < -0.3 is 19.9 Å². The average Bonchev–Trinajstić information content (AvgIpc) is 2.34. The van der Waals surface area contributed by atoms with Crippen LogP contribution in [0, 0.1) is 0 Å². The molecule has 1 atom stereocenters. The van der Waals surface area contributed by atoms with Gasteiger partial charge in [0.05, 0.1) is 16.7 Å². The SMILES string of the molecule is COCCNCC(O)COc1c(Cl)cccc1Cl. The summed E-state index contributed by atoms with van der Waals surface area (Å²) in [5, 5.41) is 13.6. The van der Waals surface area contributed by atoms with E-state index in [-0.39, 0.29) is 6.61 Å². The normalized spacial score (nSPS) is 12.4. The molecule has 1 unspecified atom stereocenters. The predicted octanol–water partition coefficient (Wildman–Crippen LogP) is 1.97. The van der Waals surface area contributed by atoms with Gasteiger partial charge in [0.2, 0.25) is 0 Å². The van der Waals surface area contributed by atoms with Crippen LogP contribution >= 0.6 is 23.2 Å². The molecule has 0 saturated carbocycles. The molecule has 102 valence electrons. The number of hydrogen-bond donors (Lipinski definition) is 2. The second-order valence-corrected chi connectivity index (χ2v) is 4.53. The van der Waals surface area contributed by atoms with Gasteiger partial charge in [0, 0.05) is 20.2 Å². The lowest BCUT2D eigenvalue weighted by Crippen LogP contribution is -2.33. The van der Waals surface area contributed by atoms with E-state index in [2.05, 4.69) is 5.32 Å². The maximum atomic E-state index is 9.68. The lowest BCUT2D eigenvalue weighted by molar-refractivity contribution is 0.103. The Hall–Kier alpha value is -0.520. The monoisotopic (exact) mass is 293 g/mol. The quantitative estimate of drug-likeness (QED) is 0.720. The van der Waals surface area contributed by atoms with Crippen molar-refractivity contribution in [3.05, 3.63) is 28.2 Å². The van der Waals surface area contributed by atoms with Crippen molar-refractivity contribution in [2.24, 2.45) is 0 Å². The molecular weight excluding hydrogens is 277 g/mol. The summed E-state index contributed by atoms with van der Waals surface area (Å²) in [5.41, 5.74) is 0. The highest BCUT2D eigenvalue weighted by Crippen LogP contribution is 2.32. The zero-order valence-electron chi connectivity index (χ0n) is 10.2. The second kappa shape index (κ2) is 8.56. The molecule has 0 aliphatic rings. The molecular formula is C12H17Cl2NO3. The fourth-order valence-electron chi connectivity index (χ4n) is 1.30. The number of hydrogen-bond acceptors (Lipinski definition) is 4. The van der Waals surface area contributed by atoms with Crippen LogP contribution in [0.1, 0.15) is 0 Å². The van der Waals surface area contributed by atoms with Gasteiger partial charge in [0.15, 0.2) is 5.75 Å². The minimum atomic E-state index is -0.630. The number of halogens is 2. The Morgan fingerprint density at radius 1 is 1.33 bits per heavy atom. The third-order valence-electron chi connectivity index (χ3n) is 2.20. The van der Waals surface area contributed by atoms with E-state index in [1.165, 1.54) is 0 Å². The molecule has 0 bridgehead atoms. The molecule has 1 aromatic rings.